The van der Waals surface area contributed by atoms with Crippen LogP contribution >= 0.6 is 0 Å². The molecule has 16 heavy (non-hydrogen) atoms. The van der Waals surface area contributed by atoms with Gasteiger partial charge in [-0.3, -0.25) is 4.90 Å². The van der Waals surface area contributed by atoms with Gasteiger partial charge in [-0.15, -0.1) is 0 Å². The van der Waals surface area contributed by atoms with Crippen molar-refractivity contribution >= 4 is 11.3 Å². The van der Waals surface area contributed by atoms with Crippen molar-refractivity contribution in [2.24, 2.45) is 0 Å². The van der Waals surface area contributed by atoms with Gasteiger partial charge in [-0.05, 0) is 26.4 Å². The van der Waals surface area contributed by atoms with Gasteiger partial charge in [0.15, 0.2) is 5.65 Å². The second-order valence-corrected chi connectivity index (χ2v) is 4.40. The number of nitrogens with two attached hydrogens (primary N) is 1. The summed E-state index contributed by atoms with van der Waals surface area (Å²) in [6, 6.07) is 2.48. The third-order valence-corrected chi connectivity index (χ3v) is 3.21. The second kappa shape index (κ2) is 3.45. The van der Waals surface area contributed by atoms with Crippen molar-refractivity contribution in [2.75, 3.05) is 19.3 Å². The highest BCUT2D eigenvalue weighted by Crippen LogP contribution is 2.29. The van der Waals surface area contributed by atoms with Crippen LogP contribution < -0.4 is 5.73 Å². The van der Waals surface area contributed by atoms with Crippen molar-refractivity contribution in [3.8, 4) is 0 Å². The number of nitrogens with zero attached hydrogens (tertiary/aromatic N) is 4. The molecule has 1 atom stereocenters. The van der Waals surface area contributed by atoms with E-state index in [9.17, 15) is 0 Å². The topological polar surface area (TPSA) is 59.5 Å². The third-order valence-electron chi connectivity index (χ3n) is 3.21. The van der Waals surface area contributed by atoms with Crippen molar-refractivity contribution < 1.29 is 0 Å². The summed E-state index contributed by atoms with van der Waals surface area (Å²) in [6.45, 7) is 1.15. The molecule has 2 aromatic heterocycles. The number of fused-ring (bicyclic) bond motifs is 1. The largest absolute Gasteiger partial charge is 0.396 e. The zero-order valence-corrected chi connectivity index (χ0v) is 9.30. The summed E-state index contributed by atoms with van der Waals surface area (Å²) < 4.78 is 1.76. The van der Waals surface area contributed by atoms with Gasteiger partial charge in [-0.25, -0.2) is 9.50 Å². The maximum Gasteiger partial charge on any atom is 0.155 e. The molecular weight excluding hydrogens is 202 g/mol. The molecule has 0 bridgehead atoms. The minimum Gasteiger partial charge on any atom is -0.396 e. The molecule has 0 amide bonds. The molecule has 0 aliphatic carbocycles. The average Bonchev–Trinajstić information content (AvgIpc) is 2.82. The minimum absolute atomic E-state index is 0.433. The molecule has 2 aromatic rings. The lowest BCUT2D eigenvalue weighted by atomic mass is 10.1. The Bertz CT molecular complexity index is 518. The van der Waals surface area contributed by atoms with E-state index in [1.54, 1.807) is 16.9 Å². The molecule has 0 saturated carbocycles. The summed E-state index contributed by atoms with van der Waals surface area (Å²) in [4.78, 5) is 6.59. The van der Waals surface area contributed by atoms with Gasteiger partial charge in [-0.1, -0.05) is 0 Å². The standard InChI is InChI=1S/C11H15N5/c1-15-4-2-3-10(15)9-5-11-13-6-8(12)7-16(11)14-9/h5-7,10H,2-4,12H2,1H3. The lowest BCUT2D eigenvalue weighted by Crippen LogP contribution is -2.17. The van der Waals surface area contributed by atoms with Crippen molar-refractivity contribution in [1.82, 2.24) is 19.5 Å². The highest BCUT2D eigenvalue weighted by atomic mass is 15.3. The van der Waals surface area contributed by atoms with Gasteiger partial charge in [-0.2, -0.15) is 5.10 Å². The molecule has 0 spiro atoms. The van der Waals surface area contributed by atoms with Crippen LogP contribution in [0.2, 0.25) is 0 Å². The van der Waals surface area contributed by atoms with Gasteiger partial charge in [0.25, 0.3) is 0 Å². The molecule has 1 fully saturated rings. The van der Waals surface area contributed by atoms with E-state index in [1.807, 2.05) is 6.07 Å². The zero-order valence-electron chi connectivity index (χ0n) is 9.30. The second-order valence-electron chi connectivity index (χ2n) is 4.40. The number of hydrogen-bond acceptors (Lipinski definition) is 4. The van der Waals surface area contributed by atoms with E-state index in [1.165, 1.54) is 12.8 Å². The van der Waals surface area contributed by atoms with E-state index in [0.29, 0.717) is 11.7 Å². The van der Waals surface area contributed by atoms with E-state index in [2.05, 4.69) is 22.0 Å². The molecule has 1 unspecified atom stereocenters. The summed E-state index contributed by atoms with van der Waals surface area (Å²) >= 11 is 0. The maximum atomic E-state index is 5.68. The highest BCUT2D eigenvalue weighted by Gasteiger charge is 2.24. The Morgan fingerprint density at radius 1 is 1.50 bits per heavy atom. The van der Waals surface area contributed by atoms with Crippen LogP contribution in [-0.4, -0.2) is 33.1 Å². The van der Waals surface area contributed by atoms with E-state index < -0.39 is 0 Å². The summed E-state index contributed by atoms with van der Waals surface area (Å²) in [5.41, 5.74) is 8.28. The molecule has 1 aliphatic rings. The van der Waals surface area contributed by atoms with E-state index >= 15 is 0 Å². The Morgan fingerprint density at radius 3 is 3.12 bits per heavy atom. The van der Waals surface area contributed by atoms with Crippen LogP contribution in [0.1, 0.15) is 24.6 Å². The van der Waals surface area contributed by atoms with Gasteiger partial charge in [0.2, 0.25) is 0 Å². The number of nitrogen functional groups attached to an aromatic ring is 1. The van der Waals surface area contributed by atoms with Gasteiger partial charge in [0.1, 0.15) is 0 Å². The normalized spacial score (nSPS) is 21.9. The van der Waals surface area contributed by atoms with Crippen molar-refractivity contribution in [3.63, 3.8) is 0 Å². The molecule has 3 rings (SSSR count). The quantitative estimate of drug-likeness (QED) is 0.776. The number of likely N-dealkylation sites (tertiary alicyclic amines) is 1. The fourth-order valence-electron chi connectivity index (χ4n) is 2.36. The molecule has 1 aliphatic heterocycles. The van der Waals surface area contributed by atoms with E-state index in [4.69, 9.17) is 5.73 Å². The number of anilines is 1. The van der Waals surface area contributed by atoms with Crippen LogP contribution in [0, 0.1) is 0 Å². The fourth-order valence-corrected chi connectivity index (χ4v) is 2.36. The minimum atomic E-state index is 0.433. The fraction of sp³-hybridized carbons (Fsp3) is 0.455. The lowest BCUT2D eigenvalue weighted by Gasteiger charge is -2.16. The lowest BCUT2D eigenvalue weighted by molar-refractivity contribution is 0.311. The number of hydrogen-bond donors (Lipinski definition) is 1. The van der Waals surface area contributed by atoms with Gasteiger partial charge in [0.05, 0.1) is 29.8 Å². The van der Waals surface area contributed by atoms with Crippen LogP contribution in [-0.2, 0) is 0 Å². The first-order chi connectivity index (χ1) is 7.74. The Hall–Kier alpha value is -1.62. The molecule has 84 valence electrons. The van der Waals surface area contributed by atoms with Gasteiger partial charge < -0.3 is 5.73 Å². The first-order valence-electron chi connectivity index (χ1n) is 5.55. The van der Waals surface area contributed by atoms with Crippen molar-refractivity contribution in [1.29, 1.82) is 0 Å². The van der Waals surface area contributed by atoms with Gasteiger partial charge >= 0.3 is 0 Å². The maximum absolute atomic E-state index is 5.68. The molecule has 3 heterocycles. The monoisotopic (exact) mass is 217 g/mol. The van der Waals surface area contributed by atoms with E-state index in [-0.39, 0.29) is 0 Å². The summed E-state index contributed by atoms with van der Waals surface area (Å²) in [6.07, 6.45) is 5.89. The third kappa shape index (κ3) is 1.44. The molecular formula is C11H15N5. The first-order valence-corrected chi connectivity index (χ1v) is 5.55. The van der Waals surface area contributed by atoms with Crippen LogP contribution in [0.4, 0.5) is 5.69 Å². The Balaban J connectivity index is 2.04. The van der Waals surface area contributed by atoms with Crippen LogP contribution in [0.25, 0.3) is 5.65 Å². The van der Waals surface area contributed by atoms with Crippen molar-refractivity contribution in [3.05, 3.63) is 24.2 Å². The summed E-state index contributed by atoms with van der Waals surface area (Å²) in [5, 5.41) is 4.54. The molecule has 5 nitrogen and oxygen atoms in total. The predicted molar refractivity (Wildman–Crippen MR) is 62.0 cm³/mol. The Morgan fingerprint density at radius 2 is 2.38 bits per heavy atom. The van der Waals surface area contributed by atoms with Crippen molar-refractivity contribution in [2.45, 2.75) is 18.9 Å². The molecule has 0 radical (unpaired) electrons. The summed E-state index contributed by atoms with van der Waals surface area (Å²) in [7, 11) is 2.14. The molecule has 2 N–H and O–H groups in total. The number of rotatable bonds is 1. The van der Waals surface area contributed by atoms with E-state index in [0.717, 1.165) is 17.9 Å². The smallest absolute Gasteiger partial charge is 0.155 e. The SMILES string of the molecule is CN1CCCC1c1cc2ncc(N)cn2n1. The average molecular weight is 217 g/mol. The Kier molecular flexibility index (Phi) is 2.07. The predicted octanol–water partition coefficient (Wildman–Crippen LogP) is 1.08. The van der Waals surface area contributed by atoms with Gasteiger partial charge in [0, 0.05) is 6.07 Å². The molecule has 5 heteroatoms. The molecule has 1 saturated heterocycles. The van der Waals surface area contributed by atoms with Crippen LogP contribution in [0.15, 0.2) is 18.5 Å². The Labute approximate surface area is 93.9 Å². The molecule has 0 aromatic carbocycles. The number of aromatic nitrogens is 3. The highest BCUT2D eigenvalue weighted by molar-refractivity contribution is 5.45. The van der Waals surface area contributed by atoms with Crippen LogP contribution in [0.5, 0.6) is 0 Å². The van der Waals surface area contributed by atoms with Crippen LogP contribution in [0.3, 0.4) is 0 Å². The first kappa shape index (κ1) is 9.59. The zero-order chi connectivity index (χ0) is 11.1. The summed E-state index contributed by atoms with van der Waals surface area (Å²) in [5.74, 6) is 0.